The lowest BCUT2D eigenvalue weighted by atomic mass is 9.85. The molecule has 0 radical (unpaired) electrons. The zero-order valence-corrected chi connectivity index (χ0v) is 13.1. The third kappa shape index (κ3) is 6.43. The molecule has 0 heterocycles. The van der Waals surface area contributed by atoms with Crippen molar-refractivity contribution >= 4 is 11.9 Å². The predicted octanol–water partition coefficient (Wildman–Crippen LogP) is 3.54. The number of carboxylic acid groups (broad SMARTS) is 1. The third-order valence-electron chi connectivity index (χ3n) is 3.38. The monoisotopic (exact) mass is 291 g/mol. The number of carbonyl (C=O) groups excluding carboxylic acids is 1. The molecule has 1 aromatic rings. The van der Waals surface area contributed by atoms with Gasteiger partial charge in [0.15, 0.2) is 0 Å². The average molecular weight is 291 g/mol. The standard InChI is InChI=1S/C17H25NO3/c1-4-8-14(13-9-6-5-7-10-13)18-15(19)11-17(2,3)12-16(20)21/h5-7,9-10,14H,4,8,11-12H2,1-3H3,(H,18,19)(H,20,21). The van der Waals surface area contributed by atoms with Gasteiger partial charge in [-0.3, -0.25) is 9.59 Å². The number of amides is 1. The molecule has 2 N–H and O–H groups in total. The van der Waals surface area contributed by atoms with E-state index < -0.39 is 11.4 Å². The molecule has 0 bridgehead atoms. The Bertz CT molecular complexity index is 468. The lowest BCUT2D eigenvalue weighted by Gasteiger charge is -2.24. The van der Waals surface area contributed by atoms with E-state index in [1.165, 1.54) is 0 Å². The summed E-state index contributed by atoms with van der Waals surface area (Å²) in [4.78, 5) is 23.0. The Morgan fingerprint density at radius 3 is 2.33 bits per heavy atom. The van der Waals surface area contributed by atoms with Crippen LogP contribution in [-0.2, 0) is 9.59 Å². The highest BCUT2D eigenvalue weighted by Gasteiger charge is 2.26. The number of aliphatic carboxylic acids is 1. The SMILES string of the molecule is CCCC(NC(=O)CC(C)(C)CC(=O)O)c1ccccc1. The molecule has 1 aromatic carbocycles. The van der Waals surface area contributed by atoms with Crippen LogP contribution < -0.4 is 5.32 Å². The zero-order chi connectivity index (χ0) is 15.9. The van der Waals surface area contributed by atoms with Crippen LogP contribution in [0.15, 0.2) is 30.3 Å². The average Bonchev–Trinajstić information content (AvgIpc) is 2.36. The summed E-state index contributed by atoms with van der Waals surface area (Å²) in [5.41, 5.74) is 0.548. The molecule has 116 valence electrons. The second-order valence-corrected chi connectivity index (χ2v) is 6.23. The molecule has 0 saturated heterocycles. The summed E-state index contributed by atoms with van der Waals surface area (Å²) in [5.74, 6) is -0.968. The first-order valence-corrected chi connectivity index (χ1v) is 7.40. The van der Waals surface area contributed by atoms with Crippen LogP contribution >= 0.6 is 0 Å². The third-order valence-corrected chi connectivity index (χ3v) is 3.38. The van der Waals surface area contributed by atoms with Crippen LogP contribution in [0.2, 0.25) is 0 Å². The van der Waals surface area contributed by atoms with Gasteiger partial charge in [-0.25, -0.2) is 0 Å². The van der Waals surface area contributed by atoms with Crippen molar-refractivity contribution in [1.82, 2.24) is 5.32 Å². The highest BCUT2D eigenvalue weighted by Crippen LogP contribution is 2.26. The van der Waals surface area contributed by atoms with Crippen LogP contribution in [0, 0.1) is 5.41 Å². The molecular weight excluding hydrogens is 266 g/mol. The van der Waals surface area contributed by atoms with Gasteiger partial charge in [-0.1, -0.05) is 57.5 Å². The van der Waals surface area contributed by atoms with Crippen molar-refractivity contribution in [3.05, 3.63) is 35.9 Å². The van der Waals surface area contributed by atoms with E-state index in [1.807, 2.05) is 30.3 Å². The summed E-state index contributed by atoms with van der Waals surface area (Å²) in [5, 5.41) is 11.9. The van der Waals surface area contributed by atoms with Crippen LogP contribution in [0.5, 0.6) is 0 Å². The van der Waals surface area contributed by atoms with Crippen molar-refractivity contribution in [2.75, 3.05) is 0 Å². The molecule has 0 saturated carbocycles. The summed E-state index contributed by atoms with van der Waals surface area (Å²) < 4.78 is 0. The van der Waals surface area contributed by atoms with E-state index >= 15 is 0 Å². The maximum absolute atomic E-state index is 12.2. The quantitative estimate of drug-likeness (QED) is 0.770. The molecule has 0 aliphatic heterocycles. The van der Waals surface area contributed by atoms with Gasteiger partial charge in [0, 0.05) is 6.42 Å². The molecule has 0 aliphatic rings. The van der Waals surface area contributed by atoms with Gasteiger partial charge in [-0.2, -0.15) is 0 Å². The van der Waals surface area contributed by atoms with Crippen molar-refractivity contribution in [3.8, 4) is 0 Å². The molecule has 0 fully saturated rings. The molecule has 4 nitrogen and oxygen atoms in total. The zero-order valence-electron chi connectivity index (χ0n) is 13.1. The molecule has 0 aliphatic carbocycles. The van der Waals surface area contributed by atoms with Crippen LogP contribution in [0.3, 0.4) is 0 Å². The summed E-state index contributed by atoms with van der Waals surface area (Å²) >= 11 is 0. The fraction of sp³-hybridized carbons (Fsp3) is 0.529. The Morgan fingerprint density at radius 2 is 1.81 bits per heavy atom. The molecule has 1 amide bonds. The summed E-state index contributed by atoms with van der Waals surface area (Å²) in [6.07, 6.45) is 2.05. The van der Waals surface area contributed by atoms with E-state index in [0.717, 1.165) is 18.4 Å². The van der Waals surface area contributed by atoms with Gasteiger partial charge in [0.2, 0.25) is 5.91 Å². The van der Waals surface area contributed by atoms with E-state index in [-0.39, 0.29) is 24.8 Å². The Kier molecular flexibility index (Phi) is 6.40. The highest BCUT2D eigenvalue weighted by molar-refractivity contribution is 5.78. The smallest absolute Gasteiger partial charge is 0.303 e. The van der Waals surface area contributed by atoms with Gasteiger partial charge in [-0.15, -0.1) is 0 Å². The molecule has 21 heavy (non-hydrogen) atoms. The summed E-state index contributed by atoms with van der Waals surface area (Å²) in [6, 6.07) is 9.86. The van der Waals surface area contributed by atoms with Crippen molar-refractivity contribution < 1.29 is 14.7 Å². The highest BCUT2D eigenvalue weighted by atomic mass is 16.4. The molecule has 1 unspecified atom stereocenters. The number of carbonyl (C=O) groups is 2. The van der Waals surface area contributed by atoms with Crippen LogP contribution in [0.4, 0.5) is 0 Å². The number of benzene rings is 1. The number of carboxylic acids is 1. The molecule has 0 spiro atoms. The summed E-state index contributed by atoms with van der Waals surface area (Å²) in [6.45, 7) is 5.69. The number of nitrogens with one attached hydrogen (secondary N) is 1. The Balaban J connectivity index is 2.67. The van der Waals surface area contributed by atoms with E-state index in [9.17, 15) is 9.59 Å². The number of rotatable bonds is 8. The van der Waals surface area contributed by atoms with E-state index in [0.29, 0.717) is 0 Å². The number of hydrogen-bond donors (Lipinski definition) is 2. The second-order valence-electron chi connectivity index (χ2n) is 6.23. The Hall–Kier alpha value is -1.84. The molecule has 4 heteroatoms. The minimum atomic E-state index is -0.874. The first kappa shape index (κ1) is 17.2. The fourth-order valence-electron chi connectivity index (χ4n) is 2.45. The first-order valence-electron chi connectivity index (χ1n) is 7.40. The lowest BCUT2D eigenvalue weighted by molar-refractivity contribution is -0.139. The van der Waals surface area contributed by atoms with Crippen LogP contribution in [-0.4, -0.2) is 17.0 Å². The minimum Gasteiger partial charge on any atom is -0.481 e. The van der Waals surface area contributed by atoms with Crippen molar-refractivity contribution in [1.29, 1.82) is 0 Å². The van der Waals surface area contributed by atoms with Gasteiger partial charge in [0.05, 0.1) is 12.5 Å². The van der Waals surface area contributed by atoms with Crippen molar-refractivity contribution in [2.24, 2.45) is 5.41 Å². The van der Waals surface area contributed by atoms with Crippen LogP contribution in [0.25, 0.3) is 0 Å². The van der Waals surface area contributed by atoms with Gasteiger partial charge >= 0.3 is 5.97 Å². The largest absolute Gasteiger partial charge is 0.481 e. The molecular formula is C17H25NO3. The first-order chi connectivity index (χ1) is 9.84. The maximum atomic E-state index is 12.2. The Labute approximate surface area is 126 Å². The van der Waals surface area contributed by atoms with Crippen molar-refractivity contribution in [3.63, 3.8) is 0 Å². The molecule has 1 atom stereocenters. The van der Waals surface area contributed by atoms with Crippen molar-refractivity contribution in [2.45, 2.75) is 52.5 Å². The van der Waals surface area contributed by atoms with E-state index in [4.69, 9.17) is 5.11 Å². The topological polar surface area (TPSA) is 66.4 Å². The molecule has 1 rings (SSSR count). The minimum absolute atomic E-state index is 0.00972. The van der Waals surface area contributed by atoms with Crippen LogP contribution in [0.1, 0.15) is 58.1 Å². The maximum Gasteiger partial charge on any atom is 0.303 e. The molecule has 0 aromatic heterocycles. The normalized spacial score (nSPS) is 12.7. The summed E-state index contributed by atoms with van der Waals surface area (Å²) in [7, 11) is 0. The van der Waals surface area contributed by atoms with E-state index in [1.54, 1.807) is 13.8 Å². The number of hydrogen-bond acceptors (Lipinski definition) is 2. The van der Waals surface area contributed by atoms with Gasteiger partial charge in [0.1, 0.15) is 0 Å². The van der Waals surface area contributed by atoms with Gasteiger partial charge < -0.3 is 10.4 Å². The Morgan fingerprint density at radius 1 is 1.19 bits per heavy atom. The predicted molar refractivity (Wildman–Crippen MR) is 82.9 cm³/mol. The van der Waals surface area contributed by atoms with Gasteiger partial charge in [-0.05, 0) is 17.4 Å². The lowest BCUT2D eigenvalue weighted by Crippen LogP contribution is -2.33. The second kappa shape index (κ2) is 7.81. The fourth-order valence-corrected chi connectivity index (χ4v) is 2.45. The van der Waals surface area contributed by atoms with E-state index in [2.05, 4.69) is 12.2 Å². The van der Waals surface area contributed by atoms with Gasteiger partial charge in [0.25, 0.3) is 0 Å².